The fraction of sp³-hybridized carbons (Fsp3) is 0.286. The van der Waals surface area contributed by atoms with E-state index in [4.69, 9.17) is 0 Å². The molecule has 0 amide bonds. The summed E-state index contributed by atoms with van der Waals surface area (Å²) in [5, 5.41) is 4.13. The molecule has 0 aliphatic carbocycles. The van der Waals surface area contributed by atoms with Gasteiger partial charge < -0.3 is 0 Å². The van der Waals surface area contributed by atoms with Gasteiger partial charge in [0.05, 0.1) is 11.9 Å². The molecule has 0 unspecified atom stereocenters. The Balaban J connectivity index is 2.46. The predicted octanol–water partition coefficient (Wildman–Crippen LogP) is 3.24. The summed E-state index contributed by atoms with van der Waals surface area (Å²) >= 11 is 0. The highest BCUT2D eigenvalue weighted by Crippen LogP contribution is 2.23. The Morgan fingerprint density at radius 2 is 1.76 bits per heavy atom. The molecule has 0 fully saturated rings. The number of aromatic nitrogens is 2. The molecule has 3 heteroatoms. The normalized spacial score (nSPS) is 11.5. The lowest BCUT2D eigenvalue weighted by Crippen LogP contribution is -2.28. The van der Waals surface area contributed by atoms with Gasteiger partial charge in [-0.3, -0.25) is 4.79 Å². The van der Waals surface area contributed by atoms with Crippen molar-refractivity contribution in [2.45, 2.75) is 20.8 Å². The lowest BCUT2D eigenvalue weighted by atomic mass is 9.95. The zero-order valence-electron chi connectivity index (χ0n) is 10.3. The van der Waals surface area contributed by atoms with Gasteiger partial charge in [-0.05, 0) is 6.07 Å². The monoisotopic (exact) mass is 228 g/mol. The summed E-state index contributed by atoms with van der Waals surface area (Å²) < 4.78 is 1.48. The van der Waals surface area contributed by atoms with Crippen molar-refractivity contribution in [3.8, 4) is 11.3 Å². The summed E-state index contributed by atoms with van der Waals surface area (Å²) in [7, 11) is 0. The molecule has 0 spiro atoms. The van der Waals surface area contributed by atoms with Gasteiger partial charge in [0.2, 0.25) is 0 Å². The van der Waals surface area contributed by atoms with Gasteiger partial charge in [0.25, 0.3) is 5.91 Å². The number of carbonyl (C=O) groups is 1. The Labute approximate surface area is 101 Å². The fourth-order valence-corrected chi connectivity index (χ4v) is 1.61. The van der Waals surface area contributed by atoms with Crippen LogP contribution in [0.4, 0.5) is 0 Å². The number of hydrogen-bond donors (Lipinski definition) is 0. The maximum Gasteiger partial charge on any atom is 0.252 e. The van der Waals surface area contributed by atoms with E-state index >= 15 is 0 Å². The standard InChI is InChI=1S/C14H16N2O/c1-14(2,3)13(17)16-12(9-10-15-16)11-7-5-4-6-8-11/h4-10H,1-3H3. The van der Waals surface area contributed by atoms with Crippen LogP contribution in [0, 0.1) is 5.41 Å². The van der Waals surface area contributed by atoms with Crippen molar-refractivity contribution < 1.29 is 4.79 Å². The third-order valence-corrected chi connectivity index (χ3v) is 2.55. The predicted molar refractivity (Wildman–Crippen MR) is 67.7 cm³/mol. The molecule has 0 saturated carbocycles. The number of rotatable bonds is 1. The van der Waals surface area contributed by atoms with Gasteiger partial charge >= 0.3 is 0 Å². The van der Waals surface area contributed by atoms with Gasteiger partial charge in [0.1, 0.15) is 0 Å². The van der Waals surface area contributed by atoms with Crippen LogP contribution in [0.5, 0.6) is 0 Å². The van der Waals surface area contributed by atoms with Crippen molar-refractivity contribution in [1.29, 1.82) is 0 Å². The van der Waals surface area contributed by atoms with E-state index in [0.29, 0.717) is 0 Å². The van der Waals surface area contributed by atoms with Gasteiger partial charge in [0, 0.05) is 11.0 Å². The lowest BCUT2D eigenvalue weighted by molar-refractivity contribution is 0.0751. The minimum atomic E-state index is -0.435. The zero-order valence-corrected chi connectivity index (χ0v) is 10.3. The topological polar surface area (TPSA) is 34.9 Å². The summed E-state index contributed by atoms with van der Waals surface area (Å²) in [6, 6.07) is 11.7. The molecule has 88 valence electrons. The summed E-state index contributed by atoms with van der Waals surface area (Å²) in [6.07, 6.45) is 1.66. The number of hydrogen-bond acceptors (Lipinski definition) is 2. The first-order valence-electron chi connectivity index (χ1n) is 5.64. The summed E-state index contributed by atoms with van der Waals surface area (Å²) in [6.45, 7) is 5.68. The van der Waals surface area contributed by atoms with E-state index in [1.165, 1.54) is 4.68 Å². The second-order valence-corrected chi connectivity index (χ2v) is 5.05. The highest BCUT2D eigenvalue weighted by Gasteiger charge is 2.25. The van der Waals surface area contributed by atoms with E-state index < -0.39 is 5.41 Å². The van der Waals surface area contributed by atoms with E-state index in [0.717, 1.165) is 11.3 Å². The minimum Gasteiger partial charge on any atom is -0.272 e. The number of nitrogens with zero attached hydrogens (tertiary/aromatic N) is 2. The average molecular weight is 228 g/mol. The first-order valence-corrected chi connectivity index (χ1v) is 5.64. The number of benzene rings is 1. The van der Waals surface area contributed by atoms with Crippen LogP contribution in [0.25, 0.3) is 11.3 Å². The molecule has 0 aliphatic heterocycles. The summed E-state index contributed by atoms with van der Waals surface area (Å²) in [4.78, 5) is 12.2. The van der Waals surface area contributed by atoms with Crippen molar-refractivity contribution in [1.82, 2.24) is 9.78 Å². The first-order chi connectivity index (χ1) is 8.00. The van der Waals surface area contributed by atoms with Gasteiger partial charge in [-0.2, -0.15) is 9.78 Å². The quantitative estimate of drug-likeness (QED) is 0.751. The van der Waals surface area contributed by atoms with Crippen molar-refractivity contribution >= 4 is 5.91 Å². The van der Waals surface area contributed by atoms with Crippen molar-refractivity contribution in [2.24, 2.45) is 5.41 Å². The maximum atomic E-state index is 12.2. The molecule has 0 radical (unpaired) electrons. The van der Waals surface area contributed by atoms with Gasteiger partial charge in [-0.15, -0.1) is 0 Å². The largest absolute Gasteiger partial charge is 0.272 e. The van der Waals surface area contributed by atoms with Crippen LogP contribution in [0.15, 0.2) is 42.6 Å². The molecule has 17 heavy (non-hydrogen) atoms. The Bertz CT molecular complexity index is 521. The second kappa shape index (κ2) is 4.17. The molecule has 1 aromatic heterocycles. The van der Waals surface area contributed by atoms with Crippen LogP contribution in [-0.4, -0.2) is 15.7 Å². The van der Waals surface area contributed by atoms with Gasteiger partial charge in [0.15, 0.2) is 0 Å². The second-order valence-electron chi connectivity index (χ2n) is 5.05. The van der Waals surface area contributed by atoms with E-state index in [-0.39, 0.29) is 5.91 Å². The van der Waals surface area contributed by atoms with E-state index in [9.17, 15) is 4.79 Å². The molecule has 2 aromatic rings. The summed E-state index contributed by atoms with van der Waals surface area (Å²) in [5.41, 5.74) is 1.41. The minimum absolute atomic E-state index is 0.00125. The first kappa shape index (κ1) is 11.6. The van der Waals surface area contributed by atoms with Gasteiger partial charge in [-0.25, -0.2) is 0 Å². The molecule has 0 saturated heterocycles. The van der Waals surface area contributed by atoms with Gasteiger partial charge in [-0.1, -0.05) is 51.1 Å². The van der Waals surface area contributed by atoms with E-state index in [1.54, 1.807) is 6.20 Å². The Morgan fingerprint density at radius 1 is 1.12 bits per heavy atom. The molecule has 3 nitrogen and oxygen atoms in total. The third kappa shape index (κ3) is 2.28. The number of carbonyl (C=O) groups excluding carboxylic acids is 1. The highest BCUT2D eigenvalue weighted by molar-refractivity contribution is 5.87. The van der Waals surface area contributed by atoms with Crippen LogP contribution in [0.1, 0.15) is 25.6 Å². The molecule has 1 aromatic carbocycles. The smallest absolute Gasteiger partial charge is 0.252 e. The van der Waals surface area contributed by atoms with Crippen molar-refractivity contribution in [2.75, 3.05) is 0 Å². The molecule has 0 N–H and O–H groups in total. The average Bonchev–Trinajstić information content (AvgIpc) is 2.76. The van der Waals surface area contributed by atoms with E-state index in [1.807, 2.05) is 57.2 Å². The third-order valence-electron chi connectivity index (χ3n) is 2.55. The SMILES string of the molecule is CC(C)(C)C(=O)n1nccc1-c1ccccc1. The summed E-state index contributed by atoms with van der Waals surface area (Å²) in [5.74, 6) is 0.00125. The molecule has 2 rings (SSSR count). The van der Waals surface area contributed by atoms with Crippen LogP contribution >= 0.6 is 0 Å². The van der Waals surface area contributed by atoms with E-state index in [2.05, 4.69) is 5.10 Å². The molecular weight excluding hydrogens is 212 g/mol. The zero-order chi connectivity index (χ0) is 12.5. The molecular formula is C14H16N2O. The fourth-order valence-electron chi connectivity index (χ4n) is 1.61. The van der Waals surface area contributed by atoms with Crippen molar-refractivity contribution in [3.05, 3.63) is 42.6 Å². The van der Waals surface area contributed by atoms with Crippen molar-refractivity contribution in [3.63, 3.8) is 0 Å². The molecule has 0 bridgehead atoms. The molecule has 0 atom stereocenters. The highest BCUT2D eigenvalue weighted by atomic mass is 16.2. The van der Waals surface area contributed by atoms with Crippen LogP contribution in [-0.2, 0) is 0 Å². The Hall–Kier alpha value is -1.90. The lowest BCUT2D eigenvalue weighted by Gasteiger charge is -2.17. The van der Waals surface area contributed by atoms with Crippen LogP contribution < -0.4 is 0 Å². The molecule has 0 aliphatic rings. The Kier molecular flexibility index (Phi) is 2.84. The molecule has 1 heterocycles. The maximum absolute atomic E-state index is 12.2. The Morgan fingerprint density at radius 3 is 2.35 bits per heavy atom. The van der Waals surface area contributed by atoms with Crippen LogP contribution in [0.3, 0.4) is 0 Å². The van der Waals surface area contributed by atoms with Crippen LogP contribution in [0.2, 0.25) is 0 Å².